The van der Waals surface area contributed by atoms with Crippen LogP contribution in [0.3, 0.4) is 0 Å². The number of hydrogen-bond donors (Lipinski definition) is 2. The number of ketones is 1. The Balaban J connectivity index is 1.93. The third-order valence-corrected chi connectivity index (χ3v) is 4.10. The molecule has 0 saturated heterocycles. The molecule has 2 N–H and O–H groups in total. The number of allylic oxidation sites excluding steroid dienone is 7. The third kappa shape index (κ3) is 4.54. The van der Waals surface area contributed by atoms with Crippen molar-refractivity contribution in [3.05, 3.63) is 117 Å². The fourth-order valence-electron chi connectivity index (χ4n) is 2.69. The van der Waals surface area contributed by atoms with Gasteiger partial charge in [-0.1, -0.05) is 48.6 Å². The number of amides is 1. The molecule has 0 saturated carbocycles. The molecule has 7 heteroatoms. The van der Waals surface area contributed by atoms with E-state index in [1.807, 2.05) is 18.2 Å². The minimum Gasteiger partial charge on any atom is -0.502 e. The van der Waals surface area contributed by atoms with Crippen LogP contribution >= 0.6 is 0 Å². The Hall–Kier alpha value is -4.26. The number of phenolic OH excluding ortho intramolecular Hbond substituents is 1. The van der Waals surface area contributed by atoms with Gasteiger partial charge in [0.1, 0.15) is 0 Å². The number of nitrogens with zero attached hydrogens (tertiary/aromatic N) is 1. The van der Waals surface area contributed by atoms with Gasteiger partial charge in [-0.3, -0.25) is 19.7 Å². The van der Waals surface area contributed by atoms with Crippen LogP contribution in [0.15, 0.2) is 90.7 Å². The molecule has 29 heavy (non-hydrogen) atoms. The molecule has 0 atom stereocenters. The molecule has 1 aliphatic carbocycles. The van der Waals surface area contributed by atoms with Crippen LogP contribution in [-0.2, 0) is 0 Å². The van der Waals surface area contributed by atoms with E-state index in [-0.39, 0.29) is 16.7 Å². The standard InChI is InChI=1S/C22H16N2O5/c25-20-13-12-15(14-19(20)24(28)29)21(26)17-10-6-7-11-18(17)22(27)23-16-8-4-2-1-3-5-9-16/h1-14,25H,(H,23,27)/b2-1-,3-1?,4-2?,5-3-,8-4-,9-5?,16-8?,16-9+. The van der Waals surface area contributed by atoms with Crippen molar-refractivity contribution in [1.29, 1.82) is 0 Å². The van der Waals surface area contributed by atoms with Crippen LogP contribution in [0.4, 0.5) is 5.69 Å². The predicted octanol–water partition coefficient (Wildman–Crippen LogP) is 3.83. The van der Waals surface area contributed by atoms with Gasteiger partial charge in [0.2, 0.25) is 0 Å². The van der Waals surface area contributed by atoms with E-state index in [0.717, 1.165) is 12.1 Å². The Kier molecular flexibility index (Phi) is 5.80. The molecular formula is C22H16N2O5. The van der Waals surface area contributed by atoms with Crippen molar-refractivity contribution in [3.8, 4) is 5.75 Å². The number of carbonyl (C=O) groups is 2. The van der Waals surface area contributed by atoms with E-state index in [1.165, 1.54) is 18.2 Å². The van der Waals surface area contributed by atoms with Gasteiger partial charge in [-0.05, 0) is 30.4 Å². The first kappa shape index (κ1) is 19.5. The van der Waals surface area contributed by atoms with Crippen LogP contribution in [-0.4, -0.2) is 21.7 Å². The molecular weight excluding hydrogens is 372 g/mol. The van der Waals surface area contributed by atoms with Crippen molar-refractivity contribution in [2.24, 2.45) is 0 Å². The average molecular weight is 388 g/mol. The lowest BCUT2D eigenvalue weighted by Crippen LogP contribution is -2.24. The summed E-state index contributed by atoms with van der Waals surface area (Å²) in [5.41, 5.74) is 0.174. The number of aromatic hydroxyl groups is 1. The highest BCUT2D eigenvalue weighted by atomic mass is 16.6. The zero-order valence-electron chi connectivity index (χ0n) is 15.1. The van der Waals surface area contributed by atoms with Gasteiger partial charge >= 0.3 is 5.69 Å². The number of benzene rings is 2. The highest BCUT2D eigenvalue weighted by Gasteiger charge is 2.22. The van der Waals surface area contributed by atoms with E-state index in [2.05, 4.69) is 5.32 Å². The van der Waals surface area contributed by atoms with Crippen molar-refractivity contribution >= 4 is 17.4 Å². The summed E-state index contributed by atoms with van der Waals surface area (Å²) in [4.78, 5) is 35.9. The van der Waals surface area contributed by atoms with Crippen molar-refractivity contribution in [1.82, 2.24) is 5.32 Å². The molecule has 0 aliphatic heterocycles. The van der Waals surface area contributed by atoms with Crippen molar-refractivity contribution in [2.75, 3.05) is 0 Å². The van der Waals surface area contributed by atoms with Crippen LogP contribution in [0, 0.1) is 10.1 Å². The summed E-state index contributed by atoms with van der Waals surface area (Å²) >= 11 is 0. The number of nitro benzene ring substituents is 1. The number of phenols is 1. The predicted molar refractivity (Wildman–Crippen MR) is 108 cm³/mol. The van der Waals surface area contributed by atoms with Crippen LogP contribution in [0.25, 0.3) is 0 Å². The molecule has 0 aromatic heterocycles. The second-order valence-electron chi connectivity index (χ2n) is 6.04. The fraction of sp³-hybridized carbons (Fsp3) is 0. The summed E-state index contributed by atoms with van der Waals surface area (Å²) in [5.74, 6) is -1.59. The lowest BCUT2D eigenvalue weighted by Gasteiger charge is -2.10. The van der Waals surface area contributed by atoms with E-state index in [4.69, 9.17) is 0 Å². The minimum absolute atomic E-state index is 0.00659. The number of rotatable bonds is 5. The summed E-state index contributed by atoms with van der Waals surface area (Å²) in [5, 5.41) is 23.4. The molecule has 0 spiro atoms. The molecule has 7 nitrogen and oxygen atoms in total. The third-order valence-electron chi connectivity index (χ3n) is 4.10. The smallest absolute Gasteiger partial charge is 0.311 e. The largest absolute Gasteiger partial charge is 0.502 e. The first-order valence-corrected chi connectivity index (χ1v) is 8.61. The Labute approximate surface area is 166 Å². The van der Waals surface area contributed by atoms with E-state index >= 15 is 0 Å². The molecule has 0 radical (unpaired) electrons. The molecule has 2 aromatic rings. The lowest BCUT2D eigenvalue weighted by atomic mass is 9.97. The summed E-state index contributed by atoms with van der Waals surface area (Å²) in [6.07, 6.45) is 12.4. The van der Waals surface area contributed by atoms with Gasteiger partial charge in [-0.15, -0.1) is 0 Å². The SMILES string of the molecule is O=C(NC1=C/C=C\C=C/C=C\1)c1ccccc1C(=O)c1ccc(O)c([N+](=O)[O-])c1. The van der Waals surface area contributed by atoms with Gasteiger partial charge < -0.3 is 10.4 Å². The monoisotopic (exact) mass is 388 g/mol. The molecule has 0 fully saturated rings. The van der Waals surface area contributed by atoms with Crippen LogP contribution < -0.4 is 5.32 Å². The molecule has 0 unspecified atom stereocenters. The van der Waals surface area contributed by atoms with Gasteiger partial charge in [-0.2, -0.15) is 0 Å². The Morgan fingerprint density at radius 3 is 2.38 bits per heavy atom. The second kappa shape index (κ2) is 8.62. The topological polar surface area (TPSA) is 110 Å². The Bertz CT molecular complexity index is 1110. The molecule has 0 heterocycles. The quantitative estimate of drug-likeness (QED) is 0.460. The average Bonchev–Trinajstić information content (AvgIpc) is 2.69. The molecule has 3 rings (SSSR count). The highest BCUT2D eigenvalue weighted by Crippen LogP contribution is 2.28. The molecule has 1 aliphatic rings. The van der Waals surface area contributed by atoms with E-state index in [9.17, 15) is 24.8 Å². The minimum atomic E-state index is -0.778. The van der Waals surface area contributed by atoms with Gasteiger partial charge in [0.25, 0.3) is 5.91 Å². The maximum atomic E-state index is 12.9. The van der Waals surface area contributed by atoms with Crippen LogP contribution in [0.5, 0.6) is 5.75 Å². The van der Waals surface area contributed by atoms with Gasteiger partial charge in [-0.25, -0.2) is 0 Å². The van der Waals surface area contributed by atoms with Crippen LogP contribution in [0.2, 0.25) is 0 Å². The lowest BCUT2D eigenvalue weighted by molar-refractivity contribution is -0.385. The van der Waals surface area contributed by atoms with E-state index in [0.29, 0.717) is 5.70 Å². The van der Waals surface area contributed by atoms with Crippen molar-refractivity contribution < 1.29 is 19.6 Å². The maximum absolute atomic E-state index is 12.9. The molecule has 0 bridgehead atoms. The first-order valence-electron chi connectivity index (χ1n) is 8.61. The Morgan fingerprint density at radius 2 is 1.62 bits per heavy atom. The van der Waals surface area contributed by atoms with E-state index < -0.39 is 28.1 Å². The van der Waals surface area contributed by atoms with Crippen molar-refractivity contribution in [3.63, 3.8) is 0 Å². The van der Waals surface area contributed by atoms with Gasteiger partial charge in [0, 0.05) is 22.9 Å². The Morgan fingerprint density at radius 1 is 0.931 bits per heavy atom. The van der Waals surface area contributed by atoms with Crippen LogP contribution in [0.1, 0.15) is 26.3 Å². The van der Waals surface area contributed by atoms with Crippen molar-refractivity contribution in [2.45, 2.75) is 0 Å². The fourth-order valence-corrected chi connectivity index (χ4v) is 2.69. The first-order chi connectivity index (χ1) is 14.0. The number of nitrogens with one attached hydrogen (secondary N) is 1. The summed E-state index contributed by atoms with van der Waals surface area (Å²) in [6, 6.07) is 9.54. The second-order valence-corrected chi connectivity index (χ2v) is 6.04. The summed E-state index contributed by atoms with van der Waals surface area (Å²) < 4.78 is 0. The van der Waals surface area contributed by atoms with E-state index in [1.54, 1.807) is 36.4 Å². The molecule has 144 valence electrons. The maximum Gasteiger partial charge on any atom is 0.311 e. The summed E-state index contributed by atoms with van der Waals surface area (Å²) in [7, 11) is 0. The van der Waals surface area contributed by atoms with Gasteiger partial charge in [0.15, 0.2) is 11.5 Å². The van der Waals surface area contributed by atoms with Gasteiger partial charge in [0.05, 0.1) is 10.5 Å². The normalized spacial score (nSPS) is 17.7. The number of carbonyl (C=O) groups excluding carboxylic acids is 2. The highest BCUT2D eigenvalue weighted by molar-refractivity contribution is 6.15. The number of nitro groups is 1. The zero-order chi connectivity index (χ0) is 20.8. The zero-order valence-corrected chi connectivity index (χ0v) is 15.1. The molecule has 2 aromatic carbocycles. The summed E-state index contributed by atoms with van der Waals surface area (Å²) in [6.45, 7) is 0. The number of hydrogen-bond acceptors (Lipinski definition) is 5. The molecule has 1 amide bonds.